The van der Waals surface area contributed by atoms with Crippen molar-refractivity contribution in [1.82, 2.24) is 14.6 Å². The highest BCUT2D eigenvalue weighted by Crippen LogP contribution is 2.15. The van der Waals surface area contributed by atoms with Crippen LogP contribution in [0.1, 0.15) is 16.1 Å². The molecule has 5 heteroatoms. The van der Waals surface area contributed by atoms with Crippen molar-refractivity contribution in [2.75, 3.05) is 0 Å². The largest absolute Gasteiger partial charge is 0.323 e. The van der Waals surface area contributed by atoms with Crippen LogP contribution in [0.2, 0.25) is 0 Å². The van der Waals surface area contributed by atoms with Gasteiger partial charge < -0.3 is 9.13 Å². The van der Waals surface area contributed by atoms with E-state index in [1.54, 1.807) is 12.3 Å². The molecular formula is C22H18N4O. The molecule has 1 N–H and O–H groups in total. The molecule has 0 saturated carbocycles. The quantitative estimate of drug-likeness (QED) is 0.427. The standard InChI is InChI=1S/C22H18N4O/c27-22(20-12-4-5-13-21(20)25-14-6-7-15-25)24-23-17-19-11-8-16-26(19)18-9-2-1-3-10-18/h1-17H,(H,24,27)/b23-17+. The van der Waals surface area contributed by atoms with E-state index < -0.39 is 0 Å². The monoisotopic (exact) mass is 354 g/mol. The van der Waals surface area contributed by atoms with Gasteiger partial charge in [-0.25, -0.2) is 5.43 Å². The molecular weight excluding hydrogens is 336 g/mol. The molecule has 0 aliphatic rings. The van der Waals surface area contributed by atoms with Crippen LogP contribution in [0, 0.1) is 0 Å². The summed E-state index contributed by atoms with van der Waals surface area (Å²) in [6.45, 7) is 0. The van der Waals surface area contributed by atoms with Crippen LogP contribution in [-0.4, -0.2) is 21.3 Å². The van der Waals surface area contributed by atoms with Crippen LogP contribution in [0.15, 0.2) is 103 Å². The average Bonchev–Trinajstić information content (AvgIpc) is 3.41. The molecule has 4 aromatic rings. The van der Waals surface area contributed by atoms with Crippen LogP contribution in [0.25, 0.3) is 11.4 Å². The van der Waals surface area contributed by atoms with Gasteiger partial charge in [0.25, 0.3) is 5.91 Å². The average molecular weight is 354 g/mol. The third-order valence-corrected chi connectivity index (χ3v) is 4.21. The number of benzene rings is 2. The third-order valence-electron chi connectivity index (χ3n) is 4.21. The van der Waals surface area contributed by atoms with Gasteiger partial charge in [0.05, 0.1) is 23.2 Å². The second kappa shape index (κ2) is 7.58. The lowest BCUT2D eigenvalue weighted by atomic mass is 10.1. The van der Waals surface area contributed by atoms with Gasteiger partial charge in [0.15, 0.2) is 0 Å². The van der Waals surface area contributed by atoms with E-state index in [0.717, 1.165) is 17.1 Å². The fraction of sp³-hybridized carbons (Fsp3) is 0. The maximum absolute atomic E-state index is 12.6. The summed E-state index contributed by atoms with van der Waals surface area (Å²) in [6, 6.07) is 25.1. The minimum absolute atomic E-state index is 0.256. The number of rotatable bonds is 5. The van der Waals surface area contributed by atoms with Crippen LogP contribution in [0.4, 0.5) is 0 Å². The zero-order chi connectivity index (χ0) is 18.5. The van der Waals surface area contributed by atoms with Gasteiger partial charge in [-0.3, -0.25) is 4.79 Å². The third kappa shape index (κ3) is 3.57. The van der Waals surface area contributed by atoms with Gasteiger partial charge in [-0.05, 0) is 48.5 Å². The Bertz CT molecular complexity index is 1060. The van der Waals surface area contributed by atoms with Crippen molar-refractivity contribution in [2.24, 2.45) is 5.10 Å². The number of carbonyl (C=O) groups excluding carboxylic acids is 1. The van der Waals surface area contributed by atoms with Crippen LogP contribution in [-0.2, 0) is 0 Å². The molecule has 0 fully saturated rings. The first-order chi connectivity index (χ1) is 13.3. The van der Waals surface area contributed by atoms with Crippen molar-refractivity contribution < 1.29 is 4.79 Å². The van der Waals surface area contributed by atoms with Crippen molar-refractivity contribution in [3.05, 3.63) is 109 Å². The molecule has 4 rings (SSSR count). The Balaban J connectivity index is 1.53. The first-order valence-electron chi connectivity index (χ1n) is 8.61. The Kier molecular flexibility index (Phi) is 4.66. The van der Waals surface area contributed by atoms with E-state index in [4.69, 9.17) is 0 Å². The van der Waals surface area contributed by atoms with Crippen LogP contribution in [0.5, 0.6) is 0 Å². The minimum atomic E-state index is -0.256. The fourth-order valence-corrected chi connectivity index (χ4v) is 2.93. The number of para-hydroxylation sites is 2. The number of carbonyl (C=O) groups is 1. The molecule has 2 aromatic carbocycles. The summed E-state index contributed by atoms with van der Waals surface area (Å²) in [6.07, 6.45) is 7.41. The fourth-order valence-electron chi connectivity index (χ4n) is 2.93. The summed E-state index contributed by atoms with van der Waals surface area (Å²) in [7, 11) is 0. The first kappa shape index (κ1) is 16.6. The second-order valence-electron chi connectivity index (χ2n) is 5.95. The molecule has 0 radical (unpaired) electrons. The van der Waals surface area contributed by atoms with E-state index in [1.165, 1.54) is 0 Å². The summed E-state index contributed by atoms with van der Waals surface area (Å²) in [5, 5.41) is 4.14. The van der Waals surface area contributed by atoms with Gasteiger partial charge in [0, 0.05) is 24.3 Å². The van der Waals surface area contributed by atoms with E-state index in [9.17, 15) is 4.79 Å². The smallest absolute Gasteiger partial charge is 0.273 e. The van der Waals surface area contributed by atoms with Gasteiger partial charge in [-0.2, -0.15) is 5.10 Å². The van der Waals surface area contributed by atoms with E-state index >= 15 is 0 Å². The minimum Gasteiger partial charge on any atom is -0.323 e. The molecule has 0 spiro atoms. The van der Waals surface area contributed by atoms with E-state index in [-0.39, 0.29) is 5.91 Å². The van der Waals surface area contributed by atoms with E-state index in [1.807, 2.05) is 101 Å². The summed E-state index contributed by atoms with van der Waals surface area (Å²) < 4.78 is 3.91. The Morgan fingerprint density at radius 2 is 1.56 bits per heavy atom. The highest BCUT2D eigenvalue weighted by Gasteiger charge is 2.11. The van der Waals surface area contributed by atoms with E-state index in [2.05, 4.69) is 10.5 Å². The number of nitrogens with one attached hydrogen (secondary N) is 1. The van der Waals surface area contributed by atoms with Crippen molar-refractivity contribution in [3.8, 4) is 11.4 Å². The Labute approximate surface area is 157 Å². The summed E-state index contributed by atoms with van der Waals surface area (Å²) in [4.78, 5) is 12.6. The molecule has 5 nitrogen and oxygen atoms in total. The Morgan fingerprint density at radius 3 is 2.37 bits per heavy atom. The van der Waals surface area contributed by atoms with Gasteiger partial charge in [0.1, 0.15) is 0 Å². The molecule has 0 aliphatic heterocycles. The molecule has 0 saturated heterocycles. The zero-order valence-electron chi connectivity index (χ0n) is 14.6. The van der Waals surface area contributed by atoms with E-state index in [0.29, 0.717) is 5.56 Å². The lowest BCUT2D eigenvalue weighted by Crippen LogP contribution is -2.19. The number of hydrogen-bond acceptors (Lipinski definition) is 2. The molecule has 27 heavy (non-hydrogen) atoms. The van der Waals surface area contributed by atoms with Crippen LogP contribution >= 0.6 is 0 Å². The number of hydrazone groups is 1. The topological polar surface area (TPSA) is 51.3 Å². The number of hydrogen-bond donors (Lipinski definition) is 1. The number of amides is 1. The summed E-state index contributed by atoms with van der Waals surface area (Å²) in [5.74, 6) is -0.256. The maximum atomic E-state index is 12.6. The van der Waals surface area contributed by atoms with Crippen molar-refractivity contribution in [3.63, 3.8) is 0 Å². The summed E-state index contributed by atoms with van der Waals surface area (Å²) >= 11 is 0. The molecule has 0 atom stereocenters. The molecule has 1 amide bonds. The molecule has 2 heterocycles. The number of nitrogens with zero attached hydrogens (tertiary/aromatic N) is 3. The zero-order valence-corrected chi connectivity index (χ0v) is 14.6. The Morgan fingerprint density at radius 1 is 0.815 bits per heavy atom. The van der Waals surface area contributed by atoms with Gasteiger partial charge in [-0.1, -0.05) is 30.3 Å². The normalized spacial score (nSPS) is 11.0. The summed E-state index contributed by atoms with van der Waals surface area (Å²) in [5.41, 5.74) is 5.90. The lowest BCUT2D eigenvalue weighted by Gasteiger charge is -2.09. The predicted molar refractivity (Wildman–Crippen MR) is 107 cm³/mol. The van der Waals surface area contributed by atoms with Crippen LogP contribution < -0.4 is 5.43 Å². The van der Waals surface area contributed by atoms with Crippen molar-refractivity contribution in [2.45, 2.75) is 0 Å². The number of aromatic nitrogens is 2. The predicted octanol–water partition coefficient (Wildman–Crippen LogP) is 4.03. The highest BCUT2D eigenvalue weighted by molar-refractivity contribution is 5.98. The second-order valence-corrected chi connectivity index (χ2v) is 5.95. The molecule has 2 aromatic heterocycles. The maximum Gasteiger partial charge on any atom is 0.273 e. The SMILES string of the molecule is O=C(N/N=C/c1cccn1-c1ccccc1)c1ccccc1-n1cccc1. The highest BCUT2D eigenvalue weighted by atomic mass is 16.2. The van der Waals surface area contributed by atoms with Crippen LogP contribution in [0.3, 0.4) is 0 Å². The lowest BCUT2D eigenvalue weighted by molar-refractivity contribution is 0.0955. The molecule has 0 aliphatic carbocycles. The van der Waals surface area contributed by atoms with Gasteiger partial charge in [-0.15, -0.1) is 0 Å². The molecule has 132 valence electrons. The van der Waals surface area contributed by atoms with Gasteiger partial charge >= 0.3 is 0 Å². The van der Waals surface area contributed by atoms with Crippen molar-refractivity contribution >= 4 is 12.1 Å². The van der Waals surface area contributed by atoms with Gasteiger partial charge in [0.2, 0.25) is 0 Å². The van der Waals surface area contributed by atoms with Crippen molar-refractivity contribution in [1.29, 1.82) is 0 Å². The Hall–Kier alpha value is -3.86. The molecule has 0 unspecified atom stereocenters. The molecule has 0 bridgehead atoms. The first-order valence-corrected chi connectivity index (χ1v) is 8.61.